The lowest BCUT2D eigenvalue weighted by molar-refractivity contribution is 0.311. The number of hydrogen-bond acceptors (Lipinski definition) is 6. The maximum absolute atomic E-state index is 8.94. The van der Waals surface area contributed by atoms with Gasteiger partial charge < -0.3 is 20.5 Å². The highest BCUT2D eigenvalue weighted by Crippen LogP contribution is 2.39. The number of aromatic nitrogens is 2. The molecule has 1 aliphatic carbocycles. The zero-order valence-corrected chi connectivity index (χ0v) is 13.2. The first-order valence-corrected chi connectivity index (χ1v) is 7.89. The van der Waals surface area contributed by atoms with Crippen molar-refractivity contribution in [1.82, 2.24) is 9.97 Å². The Morgan fingerprint density at radius 1 is 1.22 bits per heavy atom. The van der Waals surface area contributed by atoms with Gasteiger partial charge in [0.15, 0.2) is 0 Å². The summed E-state index contributed by atoms with van der Waals surface area (Å²) in [5.41, 5.74) is 2.19. The molecule has 1 aliphatic rings. The highest BCUT2D eigenvalue weighted by atomic mass is 16.5. The molecule has 1 aromatic heterocycles. The summed E-state index contributed by atoms with van der Waals surface area (Å²) in [6, 6.07) is 9.96. The van der Waals surface area contributed by atoms with Gasteiger partial charge in [0.2, 0.25) is 5.95 Å². The first kappa shape index (κ1) is 15.6. The largest absolute Gasteiger partial charge is 0.497 e. The summed E-state index contributed by atoms with van der Waals surface area (Å²) >= 11 is 0. The predicted molar refractivity (Wildman–Crippen MR) is 89.9 cm³/mol. The lowest BCUT2D eigenvalue weighted by Gasteiger charge is -2.11. The van der Waals surface area contributed by atoms with E-state index in [0.717, 1.165) is 22.8 Å². The van der Waals surface area contributed by atoms with Gasteiger partial charge in [0.05, 0.1) is 19.4 Å². The maximum atomic E-state index is 8.94. The number of benzene rings is 1. The van der Waals surface area contributed by atoms with Gasteiger partial charge in [0.1, 0.15) is 11.6 Å². The van der Waals surface area contributed by atoms with E-state index in [1.807, 2.05) is 30.3 Å². The maximum Gasteiger partial charge on any atom is 0.224 e. The van der Waals surface area contributed by atoms with Crippen molar-refractivity contribution in [2.75, 3.05) is 30.9 Å². The number of methoxy groups -OCH3 is 1. The molecule has 0 spiro atoms. The lowest BCUT2D eigenvalue weighted by atomic mass is 10.2. The highest BCUT2D eigenvalue weighted by molar-refractivity contribution is 5.45. The molecule has 6 nitrogen and oxygen atoms in total. The molecule has 1 saturated carbocycles. The molecule has 2 aromatic rings. The summed E-state index contributed by atoms with van der Waals surface area (Å²) in [5.74, 6) is 2.75. The van der Waals surface area contributed by atoms with Gasteiger partial charge in [-0.3, -0.25) is 0 Å². The number of ether oxygens (including phenoxy) is 1. The smallest absolute Gasteiger partial charge is 0.224 e. The van der Waals surface area contributed by atoms with Gasteiger partial charge in [0, 0.05) is 25.1 Å². The zero-order valence-electron chi connectivity index (χ0n) is 13.2. The SMILES string of the molecule is COc1cccc(CNc2cc(C3CC3)nc(NCCO)n2)c1. The van der Waals surface area contributed by atoms with Gasteiger partial charge in [-0.15, -0.1) is 0 Å². The Labute approximate surface area is 135 Å². The molecule has 1 heterocycles. The van der Waals surface area contributed by atoms with Crippen LogP contribution in [0.2, 0.25) is 0 Å². The molecule has 0 radical (unpaired) electrons. The third-order valence-electron chi connectivity index (χ3n) is 3.74. The van der Waals surface area contributed by atoms with Crippen molar-refractivity contribution in [1.29, 1.82) is 0 Å². The number of nitrogens with one attached hydrogen (secondary N) is 2. The average Bonchev–Trinajstić information content (AvgIpc) is 3.43. The lowest BCUT2D eigenvalue weighted by Crippen LogP contribution is -2.11. The number of aliphatic hydroxyl groups excluding tert-OH is 1. The third-order valence-corrected chi connectivity index (χ3v) is 3.74. The molecule has 0 atom stereocenters. The first-order valence-electron chi connectivity index (χ1n) is 7.89. The summed E-state index contributed by atoms with van der Waals surface area (Å²) in [7, 11) is 1.66. The van der Waals surface area contributed by atoms with E-state index in [4.69, 9.17) is 9.84 Å². The molecule has 0 bridgehead atoms. The van der Waals surface area contributed by atoms with Crippen molar-refractivity contribution in [2.45, 2.75) is 25.3 Å². The molecule has 0 amide bonds. The van der Waals surface area contributed by atoms with Crippen LogP contribution in [0.3, 0.4) is 0 Å². The number of nitrogens with zero attached hydrogens (tertiary/aromatic N) is 2. The van der Waals surface area contributed by atoms with Crippen LogP contribution in [0.1, 0.15) is 30.0 Å². The number of aliphatic hydroxyl groups is 1. The van der Waals surface area contributed by atoms with Crippen molar-refractivity contribution in [3.63, 3.8) is 0 Å². The van der Waals surface area contributed by atoms with E-state index in [-0.39, 0.29) is 6.61 Å². The molecule has 3 N–H and O–H groups in total. The molecule has 1 fully saturated rings. The Bertz CT molecular complexity index is 659. The molecule has 23 heavy (non-hydrogen) atoms. The number of anilines is 2. The van der Waals surface area contributed by atoms with Gasteiger partial charge in [-0.2, -0.15) is 4.98 Å². The minimum atomic E-state index is 0.0591. The summed E-state index contributed by atoms with van der Waals surface area (Å²) in [6.45, 7) is 1.17. The van der Waals surface area contributed by atoms with E-state index in [2.05, 4.69) is 20.6 Å². The minimum absolute atomic E-state index is 0.0591. The van der Waals surface area contributed by atoms with E-state index in [1.165, 1.54) is 12.8 Å². The van der Waals surface area contributed by atoms with Crippen LogP contribution in [0.4, 0.5) is 11.8 Å². The van der Waals surface area contributed by atoms with Crippen LogP contribution in [0.15, 0.2) is 30.3 Å². The number of hydrogen-bond donors (Lipinski definition) is 3. The van der Waals surface area contributed by atoms with Crippen molar-refractivity contribution in [3.05, 3.63) is 41.6 Å². The quantitative estimate of drug-likeness (QED) is 0.694. The van der Waals surface area contributed by atoms with E-state index in [0.29, 0.717) is 25.0 Å². The van der Waals surface area contributed by atoms with Gasteiger partial charge in [-0.25, -0.2) is 4.98 Å². The van der Waals surface area contributed by atoms with E-state index >= 15 is 0 Å². The standard InChI is InChI=1S/C17H22N4O2/c1-23-14-4-2-3-12(9-14)11-19-16-10-15(13-5-6-13)20-17(21-16)18-7-8-22/h2-4,9-10,13,22H,5-8,11H2,1H3,(H2,18,19,20,21). The molecule has 122 valence electrons. The van der Waals surface area contributed by atoms with Gasteiger partial charge in [-0.1, -0.05) is 12.1 Å². The summed E-state index contributed by atoms with van der Waals surface area (Å²) in [5, 5.41) is 15.3. The van der Waals surface area contributed by atoms with Crippen LogP contribution < -0.4 is 15.4 Å². The zero-order chi connectivity index (χ0) is 16.1. The highest BCUT2D eigenvalue weighted by Gasteiger charge is 2.26. The van der Waals surface area contributed by atoms with Crippen LogP contribution >= 0.6 is 0 Å². The second-order valence-corrected chi connectivity index (χ2v) is 5.63. The van der Waals surface area contributed by atoms with Crippen molar-refractivity contribution in [3.8, 4) is 5.75 Å². The molecule has 0 saturated heterocycles. The fraction of sp³-hybridized carbons (Fsp3) is 0.412. The molecular formula is C17H22N4O2. The fourth-order valence-corrected chi connectivity index (χ4v) is 2.37. The van der Waals surface area contributed by atoms with E-state index in [1.54, 1.807) is 7.11 Å². The predicted octanol–water partition coefficient (Wildman–Crippen LogP) is 2.38. The second kappa shape index (κ2) is 7.28. The molecule has 6 heteroatoms. The Hall–Kier alpha value is -2.34. The first-order chi connectivity index (χ1) is 11.3. The van der Waals surface area contributed by atoms with Crippen LogP contribution in [-0.2, 0) is 6.54 Å². The van der Waals surface area contributed by atoms with Crippen LogP contribution in [0, 0.1) is 0 Å². The van der Waals surface area contributed by atoms with Crippen LogP contribution in [0.5, 0.6) is 5.75 Å². The minimum Gasteiger partial charge on any atom is -0.497 e. The van der Waals surface area contributed by atoms with Crippen LogP contribution in [0.25, 0.3) is 0 Å². The Morgan fingerprint density at radius 3 is 2.83 bits per heavy atom. The molecule has 1 aromatic carbocycles. The Morgan fingerprint density at radius 2 is 2.09 bits per heavy atom. The summed E-state index contributed by atoms with van der Waals surface area (Å²) in [6.07, 6.45) is 2.37. The monoisotopic (exact) mass is 314 g/mol. The van der Waals surface area contributed by atoms with E-state index in [9.17, 15) is 0 Å². The normalized spacial score (nSPS) is 13.7. The summed E-state index contributed by atoms with van der Waals surface area (Å²) < 4.78 is 5.24. The Kier molecular flexibility index (Phi) is 4.92. The van der Waals surface area contributed by atoms with Crippen molar-refractivity contribution >= 4 is 11.8 Å². The van der Waals surface area contributed by atoms with Gasteiger partial charge >= 0.3 is 0 Å². The Balaban J connectivity index is 1.71. The van der Waals surface area contributed by atoms with Crippen molar-refractivity contribution < 1.29 is 9.84 Å². The van der Waals surface area contributed by atoms with Crippen LogP contribution in [-0.4, -0.2) is 35.3 Å². The van der Waals surface area contributed by atoms with Gasteiger partial charge in [-0.05, 0) is 30.5 Å². The molecule has 0 unspecified atom stereocenters. The van der Waals surface area contributed by atoms with E-state index < -0.39 is 0 Å². The van der Waals surface area contributed by atoms with Crippen molar-refractivity contribution in [2.24, 2.45) is 0 Å². The fourth-order valence-electron chi connectivity index (χ4n) is 2.37. The van der Waals surface area contributed by atoms with Gasteiger partial charge in [0.25, 0.3) is 0 Å². The average molecular weight is 314 g/mol. The molecular weight excluding hydrogens is 292 g/mol. The number of rotatable bonds is 8. The topological polar surface area (TPSA) is 79.3 Å². The molecule has 3 rings (SSSR count). The molecule has 0 aliphatic heterocycles. The third kappa shape index (κ3) is 4.32. The second-order valence-electron chi connectivity index (χ2n) is 5.63. The summed E-state index contributed by atoms with van der Waals surface area (Å²) in [4.78, 5) is 8.99.